The van der Waals surface area contributed by atoms with Crippen LogP contribution in [0.5, 0.6) is 0 Å². The number of benzene rings is 1. The lowest BCUT2D eigenvalue weighted by Crippen LogP contribution is -2.67. The van der Waals surface area contributed by atoms with Gasteiger partial charge in [0.15, 0.2) is 6.29 Å². The van der Waals surface area contributed by atoms with Gasteiger partial charge in [0.1, 0.15) is 17.4 Å². The van der Waals surface area contributed by atoms with Gasteiger partial charge in [-0.25, -0.2) is 0 Å². The van der Waals surface area contributed by atoms with E-state index in [9.17, 15) is 9.90 Å². The second-order valence-corrected chi connectivity index (χ2v) is 11.4. The van der Waals surface area contributed by atoms with Gasteiger partial charge >= 0.3 is 0 Å². The summed E-state index contributed by atoms with van der Waals surface area (Å²) in [5.74, 6) is -0.381. The number of allylic oxidation sites excluding steroid dienone is 1. The van der Waals surface area contributed by atoms with Gasteiger partial charge in [-0.15, -0.1) is 0 Å². The summed E-state index contributed by atoms with van der Waals surface area (Å²) in [7, 11) is 0. The van der Waals surface area contributed by atoms with Crippen molar-refractivity contribution in [1.29, 1.82) is 0 Å². The third-order valence-electron chi connectivity index (χ3n) is 8.20. The van der Waals surface area contributed by atoms with Crippen molar-refractivity contribution < 1.29 is 24.1 Å². The van der Waals surface area contributed by atoms with Gasteiger partial charge in [0, 0.05) is 17.8 Å². The number of ether oxygens (including phenoxy) is 3. The average molecular weight is 456 g/mol. The smallest absolute Gasteiger partial charge is 0.231 e. The Balaban J connectivity index is 1.47. The number of nitrogens with zero attached hydrogens (tertiary/aromatic N) is 1. The molecule has 0 saturated carbocycles. The molecule has 1 aliphatic carbocycles. The van der Waals surface area contributed by atoms with Gasteiger partial charge in [-0.3, -0.25) is 4.79 Å². The van der Waals surface area contributed by atoms with Crippen molar-refractivity contribution in [3.8, 4) is 0 Å². The molecule has 6 nitrogen and oxygen atoms in total. The Morgan fingerprint density at radius 1 is 1.27 bits per heavy atom. The second kappa shape index (κ2) is 8.19. The molecule has 0 radical (unpaired) electrons. The summed E-state index contributed by atoms with van der Waals surface area (Å²) >= 11 is 0. The highest BCUT2D eigenvalue weighted by atomic mass is 16.7. The first kappa shape index (κ1) is 23.0. The van der Waals surface area contributed by atoms with E-state index in [2.05, 4.69) is 32.9 Å². The fraction of sp³-hybridized carbons (Fsp3) is 0.667. The van der Waals surface area contributed by atoms with E-state index in [1.54, 1.807) is 0 Å². The van der Waals surface area contributed by atoms with Crippen LogP contribution in [0.15, 0.2) is 42.5 Å². The van der Waals surface area contributed by atoms with Gasteiger partial charge in [0.25, 0.3) is 0 Å². The van der Waals surface area contributed by atoms with Crippen LogP contribution in [-0.2, 0) is 25.6 Å². The fourth-order valence-electron chi connectivity index (χ4n) is 6.46. The van der Waals surface area contributed by atoms with E-state index in [4.69, 9.17) is 14.2 Å². The highest BCUT2D eigenvalue weighted by Crippen LogP contribution is 2.60. The first-order valence-electron chi connectivity index (χ1n) is 12.3. The Kier molecular flexibility index (Phi) is 5.72. The maximum absolute atomic E-state index is 13.9. The number of hydrogen-bond donors (Lipinski definition) is 1. The van der Waals surface area contributed by atoms with E-state index < -0.39 is 29.8 Å². The van der Waals surface area contributed by atoms with Crippen molar-refractivity contribution in [2.45, 2.75) is 89.7 Å². The predicted octanol–water partition coefficient (Wildman–Crippen LogP) is 4.03. The topological polar surface area (TPSA) is 68.2 Å². The Morgan fingerprint density at radius 3 is 2.70 bits per heavy atom. The zero-order chi connectivity index (χ0) is 23.4. The molecule has 1 amide bonds. The van der Waals surface area contributed by atoms with Crippen LogP contribution in [0.4, 0.5) is 0 Å². The van der Waals surface area contributed by atoms with E-state index in [0.29, 0.717) is 13.0 Å². The molecule has 33 heavy (non-hydrogen) atoms. The van der Waals surface area contributed by atoms with Crippen LogP contribution in [0.3, 0.4) is 0 Å². The molecule has 6 heteroatoms. The van der Waals surface area contributed by atoms with Crippen LogP contribution in [0, 0.1) is 17.3 Å². The van der Waals surface area contributed by atoms with E-state index in [-0.39, 0.29) is 29.8 Å². The summed E-state index contributed by atoms with van der Waals surface area (Å²) in [5, 5.41) is 11.9. The Labute approximate surface area is 196 Å². The lowest BCUT2D eigenvalue weighted by atomic mass is 9.69. The minimum absolute atomic E-state index is 0.0135. The van der Waals surface area contributed by atoms with Crippen molar-refractivity contribution in [1.82, 2.24) is 4.90 Å². The van der Waals surface area contributed by atoms with Gasteiger partial charge in [-0.2, -0.15) is 0 Å². The predicted molar refractivity (Wildman–Crippen MR) is 124 cm³/mol. The molecule has 0 spiro atoms. The molecular weight excluding hydrogens is 418 g/mol. The number of hydrogen-bond acceptors (Lipinski definition) is 5. The van der Waals surface area contributed by atoms with E-state index in [1.165, 1.54) is 0 Å². The molecule has 0 bridgehead atoms. The summed E-state index contributed by atoms with van der Waals surface area (Å²) in [4.78, 5) is 15.8. The zero-order valence-corrected chi connectivity index (χ0v) is 20.2. The van der Waals surface area contributed by atoms with Gasteiger partial charge in [-0.05, 0) is 31.7 Å². The molecule has 4 aliphatic rings. The largest absolute Gasteiger partial charge is 0.390 e. The third-order valence-corrected chi connectivity index (χ3v) is 8.20. The zero-order valence-electron chi connectivity index (χ0n) is 20.2. The highest BCUT2D eigenvalue weighted by Gasteiger charge is 2.77. The first-order chi connectivity index (χ1) is 15.7. The molecule has 1 N–H and O–H groups in total. The molecule has 5 rings (SSSR count). The third kappa shape index (κ3) is 3.49. The lowest BCUT2D eigenvalue weighted by molar-refractivity contribution is -0.216. The van der Waals surface area contributed by atoms with Crippen LogP contribution in [-0.4, -0.2) is 52.3 Å². The number of aliphatic hydroxyl groups excluding tert-OH is 1. The first-order valence-corrected chi connectivity index (χ1v) is 12.3. The number of carbonyl (C=O) groups is 1. The molecule has 0 aromatic heterocycles. The van der Waals surface area contributed by atoms with Gasteiger partial charge in [-0.1, -0.05) is 63.3 Å². The molecule has 1 aromatic rings. The molecule has 0 unspecified atom stereocenters. The number of aliphatic hydroxyl groups is 1. The monoisotopic (exact) mass is 455 g/mol. The van der Waals surface area contributed by atoms with Crippen LogP contribution >= 0.6 is 0 Å². The minimum Gasteiger partial charge on any atom is -0.390 e. The van der Waals surface area contributed by atoms with Crippen molar-refractivity contribution >= 4 is 5.91 Å². The Bertz CT molecular complexity index is 911. The van der Waals surface area contributed by atoms with E-state index in [0.717, 1.165) is 24.8 Å². The molecule has 3 heterocycles. The average Bonchev–Trinajstić information content (AvgIpc) is 3.42. The van der Waals surface area contributed by atoms with E-state index in [1.807, 2.05) is 42.2 Å². The van der Waals surface area contributed by atoms with Crippen LogP contribution < -0.4 is 0 Å². The molecule has 3 aliphatic heterocycles. The second-order valence-electron chi connectivity index (χ2n) is 11.4. The maximum atomic E-state index is 13.9. The van der Waals surface area contributed by atoms with Crippen LogP contribution in [0.1, 0.15) is 58.9 Å². The Hall–Kier alpha value is -1.73. The summed E-state index contributed by atoms with van der Waals surface area (Å²) in [5.41, 5.74) is -1.05. The van der Waals surface area contributed by atoms with Crippen molar-refractivity contribution in [3.63, 3.8) is 0 Å². The van der Waals surface area contributed by atoms with Gasteiger partial charge < -0.3 is 24.2 Å². The number of carbonyl (C=O) groups excluding carboxylic acids is 1. The number of rotatable bonds is 5. The Morgan fingerprint density at radius 2 is 2.03 bits per heavy atom. The molecular formula is C27H37NO5. The maximum Gasteiger partial charge on any atom is 0.231 e. The summed E-state index contributed by atoms with van der Waals surface area (Å²) in [6.07, 6.45) is 6.06. The van der Waals surface area contributed by atoms with Crippen molar-refractivity contribution in [3.05, 3.63) is 48.0 Å². The SMILES string of the molecule is CC(C)(C)[C@@H]1OC[C@]2([C@H](O)[C@@H]3C=CCCC3)N1C(=O)[C@@H]1C[C@@H](OCc3ccccc3)O[C@@]12C. The molecule has 3 saturated heterocycles. The highest BCUT2D eigenvalue weighted by molar-refractivity contribution is 5.86. The van der Waals surface area contributed by atoms with Crippen LogP contribution in [0.2, 0.25) is 0 Å². The summed E-state index contributed by atoms with van der Waals surface area (Å²) in [6.45, 7) is 8.93. The summed E-state index contributed by atoms with van der Waals surface area (Å²) in [6, 6.07) is 9.98. The van der Waals surface area contributed by atoms with Crippen molar-refractivity contribution in [2.24, 2.45) is 17.3 Å². The van der Waals surface area contributed by atoms with Crippen LogP contribution in [0.25, 0.3) is 0 Å². The molecule has 7 atom stereocenters. The van der Waals surface area contributed by atoms with E-state index >= 15 is 0 Å². The molecule has 180 valence electrons. The normalized spacial score (nSPS) is 39.1. The van der Waals surface area contributed by atoms with Crippen molar-refractivity contribution in [2.75, 3.05) is 6.61 Å². The standard InChI is InChI=1S/C27H37NO5/c1-25(2,3)24-28-23(30)20-15-21(31-16-18-11-7-5-8-12-18)33-26(20,4)27(28,17-32-24)22(29)19-13-9-6-10-14-19/h5,7-9,11-13,19-22,24,29H,6,10,14-17H2,1-4H3/t19-,20+,21+,22-,24+,26+,27-/m1/s1. The number of amides is 1. The molecule has 1 aromatic carbocycles. The summed E-state index contributed by atoms with van der Waals surface area (Å²) < 4.78 is 19.0. The molecule has 3 fully saturated rings. The van der Waals surface area contributed by atoms with Gasteiger partial charge in [0.05, 0.1) is 25.2 Å². The lowest BCUT2D eigenvalue weighted by Gasteiger charge is -2.48. The number of fused-ring (bicyclic) bond motifs is 3. The quantitative estimate of drug-likeness (QED) is 0.679. The van der Waals surface area contributed by atoms with Gasteiger partial charge in [0.2, 0.25) is 5.91 Å². The minimum atomic E-state index is -0.941. The fourth-order valence-corrected chi connectivity index (χ4v) is 6.46.